The average Bonchev–Trinajstić information content (AvgIpc) is 3.01. The first-order valence-electron chi connectivity index (χ1n) is 6.53. The molecule has 0 aliphatic heterocycles. The van der Waals surface area contributed by atoms with Gasteiger partial charge in [-0.05, 0) is 18.2 Å². The van der Waals surface area contributed by atoms with Gasteiger partial charge in [-0.25, -0.2) is 0 Å². The van der Waals surface area contributed by atoms with Crippen LogP contribution in [-0.4, -0.2) is 25.3 Å². The van der Waals surface area contributed by atoms with Crippen LogP contribution in [0.5, 0.6) is 5.75 Å². The summed E-state index contributed by atoms with van der Waals surface area (Å²) in [5.41, 5.74) is 1.03. The Morgan fingerprint density at radius 2 is 2.15 bits per heavy atom. The van der Waals surface area contributed by atoms with E-state index in [1.54, 1.807) is 25.5 Å². The summed E-state index contributed by atoms with van der Waals surface area (Å²) in [7, 11) is 1.66. The van der Waals surface area contributed by atoms with E-state index in [4.69, 9.17) is 9.15 Å². The molecule has 0 aliphatic rings. The number of methoxy groups -OCH3 is 1. The van der Waals surface area contributed by atoms with Gasteiger partial charge in [0, 0.05) is 18.7 Å². The first-order valence-corrected chi connectivity index (χ1v) is 6.53. The summed E-state index contributed by atoms with van der Waals surface area (Å²) in [5.74, 6) is 1.42. The Bertz CT molecular complexity index is 534. The van der Waals surface area contributed by atoms with E-state index in [2.05, 4.69) is 5.32 Å². The van der Waals surface area contributed by atoms with Crippen LogP contribution in [0.2, 0.25) is 0 Å². The molecule has 4 nitrogen and oxygen atoms in total. The number of furan rings is 1. The molecule has 1 aromatic heterocycles. The largest absolute Gasteiger partial charge is 0.496 e. The van der Waals surface area contributed by atoms with Gasteiger partial charge in [-0.2, -0.15) is 0 Å². The Hall–Kier alpha value is -2.04. The molecule has 0 saturated heterocycles. The van der Waals surface area contributed by atoms with Gasteiger partial charge in [0.05, 0.1) is 13.4 Å². The monoisotopic (exact) mass is 273 g/mol. The highest BCUT2D eigenvalue weighted by Gasteiger charge is 2.08. The fourth-order valence-electron chi connectivity index (χ4n) is 1.87. The van der Waals surface area contributed by atoms with Crippen molar-refractivity contribution in [2.24, 2.45) is 0 Å². The summed E-state index contributed by atoms with van der Waals surface area (Å²) >= 11 is 0. The summed E-state index contributed by atoms with van der Waals surface area (Å²) in [5, 5.41) is 13.0. The van der Waals surface area contributed by atoms with E-state index < -0.39 is 6.10 Å². The Balaban J connectivity index is 1.77. The Kier molecular flexibility index (Phi) is 5.41. The molecular weight excluding hydrogens is 254 g/mol. The number of hydrogen-bond acceptors (Lipinski definition) is 4. The van der Waals surface area contributed by atoms with Gasteiger partial charge in [0.15, 0.2) is 0 Å². The summed E-state index contributed by atoms with van der Waals surface area (Å²) in [6, 6.07) is 11.3. The van der Waals surface area contributed by atoms with Crippen LogP contribution < -0.4 is 10.1 Å². The smallest absolute Gasteiger partial charge is 0.133 e. The molecule has 0 saturated carbocycles. The van der Waals surface area contributed by atoms with E-state index >= 15 is 0 Å². The molecule has 20 heavy (non-hydrogen) atoms. The van der Waals surface area contributed by atoms with Crippen LogP contribution in [0.25, 0.3) is 6.08 Å². The molecule has 0 bridgehead atoms. The molecule has 1 atom stereocenters. The average molecular weight is 273 g/mol. The van der Waals surface area contributed by atoms with Crippen LogP contribution in [0, 0.1) is 0 Å². The number of aliphatic hydroxyl groups is 1. The predicted molar refractivity (Wildman–Crippen MR) is 78.6 cm³/mol. The highest BCUT2D eigenvalue weighted by atomic mass is 16.5. The fraction of sp³-hybridized carbons (Fsp3) is 0.250. The quantitative estimate of drug-likeness (QED) is 0.761. The van der Waals surface area contributed by atoms with Crippen LogP contribution in [-0.2, 0) is 0 Å². The van der Waals surface area contributed by atoms with E-state index in [1.165, 1.54) is 0 Å². The lowest BCUT2D eigenvalue weighted by Gasteiger charge is -2.07. The van der Waals surface area contributed by atoms with E-state index in [-0.39, 0.29) is 0 Å². The number of nitrogens with one attached hydrogen (secondary N) is 1. The van der Waals surface area contributed by atoms with Crippen LogP contribution in [0.15, 0.2) is 53.2 Å². The van der Waals surface area contributed by atoms with Crippen molar-refractivity contribution in [3.8, 4) is 5.75 Å². The second-order valence-electron chi connectivity index (χ2n) is 4.33. The maximum absolute atomic E-state index is 9.81. The lowest BCUT2D eigenvalue weighted by atomic mass is 10.2. The summed E-state index contributed by atoms with van der Waals surface area (Å²) in [6.45, 7) is 1.11. The van der Waals surface area contributed by atoms with Gasteiger partial charge >= 0.3 is 0 Å². The number of hydrogen-bond donors (Lipinski definition) is 2. The Morgan fingerprint density at radius 1 is 1.30 bits per heavy atom. The van der Waals surface area contributed by atoms with Crippen molar-refractivity contribution < 1.29 is 14.3 Å². The number of para-hydroxylation sites is 1. The summed E-state index contributed by atoms with van der Waals surface area (Å²) < 4.78 is 10.4. The third-order valence-corrected chi connectivity index (χ3v) is 2.91. The van der Waals surface area contributed by atoms with Gasteiger partial charge in [0.2, 0.25) is 0 Å². The first-order chi connectivity index (χ1) is 9.81. The molecule has 0 radical (unpaired) electrons. The third kappa shape index (κ3) is 3.98. The summed E-state index contributed by atoms with van der Waals surface area (Å²) in [6.07, 6.45) is 4.92. The van der Waals surface area contributed by atoms with Gasteiger partial charge in [0.25, 0.3) is 0 Å². The molecule has 2 aromatic rings. The van der Waals surface area contributed by atoms with Crippen LogP contribution in [0.3, 0.4) is 0 Å². The molecule has 0 aliphatic carbocycles. The minimum atomic E-state index is -0.621. The lowest BCUT2D eigenvalue weighted by molar-refractivity contribution is 0.149. The number of ether oxygens (including phenoxy) is 1. The van der Waals surface area contributed by atoms with Crippen molar-refractivity contribution in [1.29, 1.82) is 0 Å². The molecule has 0 fully saturated rings. The van der Waals surface area contributed by atoms with Gasteiger partial charge in [-0.15, -0.1) is 0 Å². The van der Waals surface area contributed by atoms with E-state index in [0.717, 1.165) is 11.3 Å². The molecule has 4 heteroatoms. The zero-order valence-electron chi connectivity index (χ0n) is 11.5. The van der Waals surface area contributed by atoms with Gasteiger partial charge in [-0.3, -0.25) is 0 Å². The third-order valence-electron chi connectivity index (χ3n) is 2.91. The highest BCUT2D eigenvalue weighted by molar-refractivity contribution is 5.57. The topological polar surface area (TPSA) is 54.6 Å². The molecule has 2 rings (SSSR count). The van der Waals surface area contributed by atoms with Crippen molar-refractivity contribution in [3.05, 3.63) is 60.1 Å². The zero-order valence-corrected chi connectivity index (χ0v) is 11.5. The van der Waals surface area contributed by atoms with E-state index in [1.807, 2.05) is 36.4 Å². The Morgan fingerprint density at radius 3 is 2.90 bits per heavy atom. The van der Waals surface area contributed by atoms with Crippen LogP contribution in [0.1, 0.15) is 17.4 Å². The van der Waals surface area contributed by atoms with Crippen molar-refractivity contribution >= 4 is 6.08 Å². The molecule has 2 N–H and O–H groups in total. The standard InChI is InChI=1S/C16H19NO3/c1-19-15-8-3-2-6-13(15)7-4-10-17-12-14(18)16-9-5-11-20-16/h2-9,11,14,17-18H,10,12H2,1H3/b7-4+. The van der Waals surface area contributed by atoms with Crippen molar-refractivity contribution in [2.75, 3.05) is 20.2 Å². The molecule has 106 valence electrons. The second kappa shape index (κ2) is 7.53. The van der Waals surface area contributed by atoms with Crippen molar-refractivity contribution in [1.82, 2.24) is 5.32 Å². The van der Waals surface area contributed by atoms with E-state index in [0.29, 0.717) is 18.8 Å². The minimum absolute atomic E-state index is 0.448. The maximum atomic E-state index is 9.81. The van der Waals surface area contributed by atoms with Crippen molar-refractivity contribution in [3.63, 3.8) is 0 Å². The first kappa shape index (κ1) is 14.4. The SMILES string of the molecule is COc1ccccc1/C=C/CNCC(O)c1ccco1. The molecule has 1 aromatic carbocycles. The molecule has 0 amide bonds. The maximum Gasteiger partial charge on any atom is 0.133 e. The van der Waals surface area contributed by atoms with E-state index in [9.17, 15) is 5.11 Å². The molecule has 0 spiro atoms. The minimum Gasteiger partial charge on any atom is -0.496 e. The number of aliphatic hydroxyl groups excluding tert-OH is 1. The molecular formula is C16H19NO3. The lowest BCUT2D eigenvalue weighted by Crippen LogP contribution is -2.21. The zero-order chi connectivity index (χ0) is 14.2. The summed E-state index contributed by atoms with van der Waals surface area (Å²) in [4.78, 5) is 0. The van der Waals surface area contributed by atoms with Gasteiger partial charge < -0.3 is 19.6 Å². The molecule has 1 unspecified atom stereocenters. The number of benzene rings is 1. The second-order valence-corrected chi connectivity index (χ2v) is 4.33. The van der Waals surface area contributed by atoms with Gasteiger partial charge in [0.1, 0.15) is 17.6 Å². The number of rotatable bonds is 7. The van der Waals surface area contributed by atoms with Crippen LogP contribution in [0.4, 0.5) is 0 Å². The Labute approximate surface area is 118 Å². The molecule has 1 heterocycles. The predicted octanol–water partition coefficient (Wildman–Crippen LogP) is 2.62. The van der Waals surface area contributed by atoms with Crippen LogP contribution >= 0.6 is 0 Å². The normalized spacial score (nSPS) is 12.7. The highest BCUT2D eigenvalue weighted by Crippen LogP contribution is 2.18. The van der Waals surface area contributed by atoms with Gasteiger partial charge in [-0.1, -0.05) is 30.4 Å². The fourth-order valence-corrected chi connectivity index (χ4v) is 1.87. The van der Waals surface area contributed by atoms with Crippen molar-refractivity contribution in [2.45, 2.75) is 6.10 Å².